The van der Waals surface area contributed by atoms with Crippen LogP contribution in [0, 0.1) is 18.8 Å². The van der Waals surface area contributed by atoms with Crippen LogP contribution in [0.3, 0.4) is 0 Å². The molecule has 44 heavy (non-hydrogen) atoms. The number of fused-ring (bicyclic) bond motifs is 1. The summed E-state index contributed by atoms with van der Waals surface area (Å²) in [6.07, 6.45) is 1.87. The molecule has 12 heteroatoms. The molecule has 1 saturated heterocycles. The largest absolute Gasteiger partial charge is 1.00 e. The Morgan fingerprint density at radius 3 is 2.50 bits per heavy atom. The van der Waals surface area contributed by atoms with Gasteiger partial charge in [-0.05, 0) is 54.5 Å². The fourth-order valence-corrected chi connectivity index (χ4v) is 4.67. The first-order chi connectivity index (χ1) is 20.6. The van der Waals surface area contributed by atoms with Crippen LogP contribution in [0.5, 0.6) is 0 Å². The maximum atomic E-state index is 13.3. The Hall–Kier alpha value is -2.61. The molecule has 3 N–H and O–H groups in total. The predicted molar refractivity (Wildman–Crippen MR) is 163 cm³/mol. The van der Waals surface area contributed by atoms with Crippen LogP contribution in [0.2, 0.25) is 0 Å². The van der Waals surface area contributed by atoms with Crippen molar-refractivity contribution in [1.82, 2.24) is 21.1 Å². The van der Waals surface area contributed by atoms with E-state index in [1.54, 1.807) is 6.92 Å². The molecule has 232 valence electrons. The first-order valence-electron chi connectivity index (χ1n) is 14.6. The van der Waals surface area contributed by atoms with Crippen molar-refractivity contribution < 1.29 is 79.8 Å². The number of methoxy groups -OCH3 is 1. The number of hydrogen-bond donors (Lipinski definition) is 3. The van der Waals surface area contributed by atoms with Gasteiger partial charge in [0.1, 0.15) is 11.8 Å². The minimum Gasteiger partial charge on any atom is -0.633 e. The molecule has 1 aromatic heterocycles. The van der Waals surface area contributed by atoms with Gasteiger partial charge in [0.2, 0.25) is 11.8 Å². The Balaban J connectivity index is 0.00000127. The van der Waals surface area contributed by atoms with Gasteiger partial charge in [-0.15, -0.1) is 0 Å². The van der Waals surface area contributed by atoms with Crippen LogP contribution in [0.4, 0.5) is 0 Å². The zero-order valence-corrected chi connectivity index (χ0v) is 29.6. The second kappa shape index (κ2) is 19.0. The van der Waals surface area contributed by atoms with E-state index in [2.05, 4.69) is 47.2 Å². The van der Waals surface area contributed by atoms with Gasteiger partial charge < -0.3 is 30.5 Å². The molecule has 3 atom stereocenters. The second-order valence-electron chi connectivity index (χ2n) is 11.2. The van der Waals surface area contributed by atoms with Crippen molar-refractivity contribution in [3.63, 3.8) is 0 Å². The molecule has 1 fully saturated rings. The van der Waals surface area contributed by atoms with E-state index in [1.807, 2.05) is 42.5 Å². The predicted octanol–water partition coefficient (Wildman–Crippen LogP) is 1.05. The Morgan fingerprint density at radius 2 is 1.84 bits per heavy atom. The van der Waals surface area contributed by atoms with Crippen molar-refractivity contribution in [2.75, 3.05) is 20.3 Å². The van der Waals surface area contributed by atoms with Crippen molar-refractivity contribution in [1.29, 1.82) is 0 Å². The molecule has 0 saturated carbocycles. The summed E-state index contributed by atoms with van der Waals surface area (Å²) in [7, 11) is 1.26. The van der Waals surface area contributed by atoms with Crippen molar-refractivity contribution in [2.45, 2.75) is 65.5 Å². The summed E-state index contributed by atoms with van der Waals surface area (Å²) in [6, 6.07) is 13.2. The number of amides is 3. The number of nitrogens with one attached hydrogen (secondary N) is 3. The zero-order valence-electron chi connectivity index (χ0n) is 26.5. The quantitative estimate of drug-likeness (QED) is 0.211. The molecule has 2 heterocycles. The molecule has 4 rings (SSSR count). The second-order valence-corrected chi connectivity index (χ2v) is 11.2. The minimum absolute atomic E-state index is 0. The molecule has 1 aliphatic heterocycles. The molecule has 3 aromatic rings. The van der Waals surface area contributed by atoms with Gasteiger partial charge in [0.05, 0.1) is 7.11 Å². The number of nitrogens with zero attached hydrogens (tertiary/aromatic N) is 2. The first-order valence-corrected chi connectivity index (χ1v) is 14.6. The van der Waals surface area contributed by atoms with E-state index < -0.39 is 29.9 Å². The molecule has 0 bridgehead atoms. The zero-order chi connectivity index (χ0) is 31.4. The Kier molecular flexibility index (Phi) is 16.2. The van der Waals surface area contributed by atoms with Crippen LogP contribution in [0.25, 0.3) is 16.1 Å². The molecule has 0 aliphatic carbocycles. The molecule has 11 nitrogen and oxygen atoms in total. The van der Waals surface area contributed by atoms with Gasteiger partial charge in [0, 0.05) is 24.9 Å². The maximum absolute atomic E-state index is 13.3. The molecule has 0 spiro atoms. The third kappa shape index (κ3) is 11.7. The summed E-state index contributed by atoms with van der Waals surface area (Å²) in [5, 5.41) is 18.3. The van der Waals surface area contributed by atoms with Gasteiger partial charge >= 0.3 is 51.4 Å². The summed E-state index contributed by atoms with van der Waals surface area (Å²) in [4.78, 5) is 50.7. The standard InChI is InChI=1S/C28H32N5O6.C4H10.K/c1-17-13-23(33-39-17)27(36)32-22(14-19-9-5-8-18-7-3-4-11-21(18)19)26(35)31-16-30-24(28(37)38-2)15-20-10-6-12-29-25(20)34;1-4(2)3;/h3-5,7-9,11,13,20,22,24H,6,10,12,14-16H2,1-2H3,(H,29,34)(H,31,35)(H,32,36);4H,1-3H3;/q-1;;+1. The van der Waals surface area contributed by atoms with Gasteiger partial charge in [0.25, 0.3) is 11.9 Å². The van der Waals surface area contributed by atoms with E-state index >= 15 is 0 Å². The smallest absolute Gasteiger partial charge is 0.633 e. The van der Waals surface area contributed by atoms with E-state index in [0.717, 1.165) is 28.7 Å². The number of benzene rings is 2. The Bertz CT molecular complexity index is 1390. The summed E-state index contributed by atoms with van der Waals surface area (Å²) in [5.41, 5.74) is 0.932. The number of carbonyl (C=O) groups is 4. The third-order valence-electron chi connectivity index (χ3n) is 6.73. The average molecular weight is 632 g/mol. The number of carbonyl (C=O) groups excluding carboxylic acids is 4. The van der Waals surface area contributed by atoms with Crippen LogP contribution in [-0.2, 0) is 25.5 Å². The van der Waals surface area contributed by atoms with Crippen LogP contribution < -0.4 is 67.3 Å². The fourth-order valence-electron chi connectivity index (χ4n) is 4.67. The molecule has 2 aromatic carbocycles. The molecule has 3 unspecified atom stereocenters. The molecule has 0 radical (unpaired) electrons. The van der Waals surface area contributed by atoms with Crippen molar-refractivity contribution in [2.24, 2.45) is 11.8 Å². The molecular formula is C32H42KN5O6. The maximum Gasteiger partial charge on any atom is 1.00 e. The van der Waals surface area contributed by atoms with Crippen LogP contribution in [0.1, 0.15) is 61.8 Å². The van der Waals surface area contributed by atoms with E-state index in [1.165, 1.54) is 13.2 Å². The van der Waals surface area contributed by atoms with E-state index in [9.17, 15) is 19.2 Å². The van der Waals surface area contributed by atoms with Gasteiger partial charge in [-0.1, -0.05) is 75.1 Å². The Labute approximate surface area is 301 Å². The van der Waals surface area contributed by atoms with Crippen molar-refractivity contribution in [3.8, 4) is 0 Å². The van der Waals surface area contributed by atoms with Crippen LogP contribution in [-0.4, -0.2) is 61.3 Å². The Morgan fingerprint density at radius 1 is 1.14 bits per heavy atom. The number of esters is 1. The van der Waals surface area contributed by atoms with E-state index in [0.29, 0.717) is 18.7 Å². The number of aromatic nitrogens is 1. The number of ether oxygens (including phenoxy) is 1. The van der Waals surface area contributed by atoms with E-state index in [-0.39, 0.29) is 88.4 Å². The van der Waals surface area contributed by atoms with E-state index in [4.69, 9.17) is 9.26 Å². The third-order valence-corrected chi connectivity index (χ3v) is 6.73. The number of rotatable bonds is 11. The monoisotopic (exact) mass is 631 g/mol. The first kappa shape index (κ1) is 37.6. The number of aryl methyl sites for hydroxylation is 1. The van der Waals surface area contributed by atoms with Crippen LogP contribution >= 0.6 is 0 Å². The molecule has 3 amide bonds. The molecule has 1 aliphatic rings. The van der Waals surface area contributed by atoms with Crippen LogP contribution in [0.15, 0.2) is 53.1 Å². The average Bonchev–Trinajstić information content (AvgIpc) is 3.43. The number of hydrogen-bond acceptors (Lipinski definition) is 7. The van der Waals surface area contributed by atoms with Crippen molar-refractivity contribution in [3.05, 3.63) is 70.9 Å². The van der Waals surface area contributed by atoms with Crippen molar-refractivity contribution >= 4 is 34.5 Å². The summed E-state index contributed by atoms with van der Waals surface area (Å²) in [6.45, 7) is 8.58. The van der Waals surface area contributed by atoms with Gasteiger partial charge in [-0.2, -0.15) is 0 Å². The van der Waals surface area contributed by atoms with Gasteiger partial charge in [-0.3, -0.25) is 19.2 Å². The van der Waals surface area contributed by atoms with Gasteiger partial charge in [0.15, 0.2) is 5.69 Å². The summed E-state index contributed by atoms with van der Waals surface area (Å²) >= 11 is 0. The number of piperidine rings is 1. The van der Waals surface area contributed by atoms with Gasteiger partial charge in [-0.25, -0.2) is 0 Å². The fraction of sp³-hybridized carbons (Fsp3) is 0.469. The minimum atomic E-state index is -0.962. The summed E-state index contributed by atoms with van der Waals surface area (Å²) in [5.74, 6) is -0.791. The topological polar surface area (TPSA) is 154 Å². The summed E-state index contributed by atoms with van der Waals surface area (Å²) < 4.78 is 9.87. The molecular weight excluding hydrogens is 589 g/mol. The SMILES string of the molecule is CC(C)C.COC(=O)C(CC1CCCNC1=O)[N-]CNC(=O)C(Cc1cccc2ccccc12)NC(=O)c1cc(C)on1.[K+]. The normalized spacial score (nSPS) is 15.6.